The maximum atomic E-state index is 12.6. The minimum absolute atomic E-state index is 0.0530. The third-order valence-corrected chi connectivity index (χ3v) is 5.12. The number of hydrogen-bond donors (Lipinski definition) is 0. The van der Waals surface area contributed by atoms with Crippen LogP contribution in [0.4, 0.5) is 5.69 Å². The third-order valence-electron chi connectivity index (χ3n) is 4.18. The highest BCUT2D eigenvalue weighted by Gasteiger charge is 2.15. The number of hydrogen-bond acceptors (Lipinski definition) is 3. The summed E-state index contributed by atoms with van der Waals surface area (Å²) in [4.78, 5) is 16.7. The molecule has 5 heteroatoms. The molecule has 126 valence electrons. The molecular weight excluding hydrogens is 415 g/mol. The molecule has 1 fully saturated rings. The second kappa shape index (κ2) is 7.98. The van der Waals surface area contributed by atoms with Gasteiger partial charge in [-0.2, -0.15) is 0 Å². The second-order valence-electron chi connectivity index (χ2n) is 5.91. The zero-order chi connectivity index (χ0) is 16.9. The Hall–Kier alpha value is -1.60. The van der Waals surface area contributed by atoms with Gasteiger partial charge in [0.05, 0.1) is 18.8 Å². The predicted molar refractivity (Wildman–Crippen MR) is 104 cm³/mol. The summed E-state index contributed by atoms with van der Waals surface area (Å²) in [6, 6.07) is 16.1. The minimum Gasteiger partial charge on any atom is -0.378 e. The molecule has 0 bridgehead atoms. The molecule has 0 saturated carbocycles. The topological polar surface area (TPSA) is 32.8 Å². The van der Waals surface area contributed by atoms with E-state index >= 15 is 0 Å². The van der Waals surface area contributed by atoms with Crippen molar-refractivity contribution in [3.05, 3.63) is 63.2 Å². The summed E-state index contributed by atoms with van der Waals surface area (Å²) in [5.41, 5.74) is 3.10. The Balaban J connectivity index is 1.65. The molecule has 1 aliphatic heterocycles. The molecule has 4 nitrogen and oxygen atoms in total. The number of carbonyl (C=O) groups is 1. The van der Waals surface area contributed by atoms with Gasteiger partial charge in [0.15, 0.2) is 0 Å². The van der Waals surface area contributed by atoms with Crippen LogP contribution in [0.15, 0.2) is 48.5 Å². The van der Waals surface area contributed by atoms with Crippen molar-refractivity contribution in [3.63, 3.8) is 0 Å². The SMILES string of the molecule is CN(Cc1ccc(N2CCOCC2)cc1)C(=O)c1ccccc1I. The summed E-state index contributed by atoms with van der Waals surface area (Å²) >= 11 is 2.21. The summed E-state index contributed by atoms with van der Waals surface area (Å²) in [6.45, 7) is 4.05. The van der Waals surface area contributed by atoms with Gasteiger partial charge >= 0.3 is 0 Å². The average molecular weight is 436 g/mol. The number of nitrogens with zero attached hydrogens (tertiary/aromatic N) is 2. The van der Waals surface area contributed by atoms with Gasteiger partial charge in [0.2, 0.25) is 0 Å². The predicted octanol–water partition coefficient (Wildman–Crippen LogP) is 3.40. The molecule has 0 unspecified atom stereocenters. The largest absolute Gasteiger partial charge is 0.378 e. The van der Waals surface area contributed by atoms with Gasteiger partial charge in [-0.15, -0.1) is 0 Å². The molecule has 3 rings (SSSR count). The molecule has 0 radical (unpaired) electrons. The van der Waals surface area contributed by atoms with Gasteiger partial charge in [0.1, 0.15) is 0 Å². The van der Waals surface area contributed by atoms with E-state index in [-0.39, 0.29) is 5.91 Å². The smallest absolute Gasteiger partial charge is 0.254 e. The number of halogens is 1. The fraction of sp³-hybridized carbons (Fsp3) is 0.316. The molecule has 0 atom stereocenters. The van der Waals surface area contributed by atoms with E-state index in [9.17, 15) is 4.79 Å². The van der Waals surface area contributed by atoms with Crippen LogP contribution in [-0.2, 0) is 11.3 Å². The van der Waals surface area contributed by atoms with Gasteiger partial charge in [-0.05, 0) is 52.4 Å². The highest BCUT2D eigenvalue weighted by molar-refractivity contribution is 14.1. The van der Waals surface area contributed by atoms with Gasteiger partial charge in [-0.3, -0.25) is 4.79 Å². The van der Waals surface area contributed by atoms with Crippen molar-refractivity contribution in [2.45, 2.75) is 6.54 Å². The van der Waals surface area contributed by atoms with Gasteiger partial charge in [-0.1, -0.05) is 24.3 Å². The first-order valence-electron chi connectivity index (χ1n) is 8.07. The van der Waals surface area contributed by atoms with Crippen LogP contribution in [0.25, 0.3) is 0 Å². The quantitative estimate of drug-likeness (QED) is 0.689. The van der Waals surface area contributed by atoms with Crippen molar-refractivity contribution >= 4 is 34.2 Å². The van der Waals surface area contributed by atoms with Gasteiger partial charge in [-0.25, -0.2) is 0 Å². The van der Waals surface area contributed by atoms with Crippen molar-refractivity contribution in [1.82, 2.24) is 4.90 Å². The standard InChI is InChI=1S/C19H21IN2O2/c1-21(19(23)17-4-2-3-5-18(17)20)14-15-6-8-16(9-7-15)22-10-12-24-13-11-22/h2-9H,10-14H2,1H3. The molecule has 1 amide bonds. The number of benzene rings is 2. The van der Waals surface area contributed by atoms with E-state index in [1.807, 2.05) is 31.3 Å². The maximum Gasteiger partial charge on any atom is 0.254 e. The Labute approximate surface area is 156 Å². The highest BCUT2D eigenvalue weighted by Crippen LogP contribution is 2.19. The van der Waals surface area contributed by atoms with Gasteiger partial charge in [0.25, 0.3) is 5.91 Å². The van der Waals surface area contributed by atoms with Crippen LogP contribution < -0.4 is 4.90 Å². The summed E-state index contributed by atoms with van der Waals surface area (Å²) in [5, 5.41) is 0. The summed E-state index contributed by atoms with van der Waals surface area (Å²) in [5.74, 6) is 0.0530. The maximum absolute atomic E-state index is 12.6. The number of carbonyl (C=O) groups excluding carboxylic acids is 1. The van der Waals surface area contributed by atoms with Crippen molar-refractivity contribution in [3.8, 4) is 0 Å². The molecule has 2 aromatic rings. The molecule has 0 N–H and O–H groups in total. The van der Waals surface area contributed by atoms with Crippen LogP contribution in [0.2, 0.25) is 0 Å². The van der Waals surface area contributed by atoms with Crippen molar-refractivity contribution in [2.75, 3.05) is 38.3 Å². The van der Waals surface area contributed by atoms with E-state index in [4.69, 9.17) is 4.74 Å². The fourth-order valence-electron chi connectivity index (χ4n) is 2.82. The van der Waals surface area contributed by atoms with Gasteiger partial charge < -0.3 is 14.5 Å². The van der Waals surface area contributed by atoms with E-state index in [1.165, 1.54) is 5.69 Å². The van der Waals surface area contributed by atoms with Crippen LogP contribution in [0.3, 0.4) is 0 Å². The van der Waals surface area contributed by atoms with E-state index in [0.29, 0.717) is 6.54 Å². The van der Waals surface area contributed by atoms with Crippen LogP contribution in [0.1, 0.15) is 15.9 Å². The van der Waals surface area contributed by atoms with E-state index in [1.54, 1.807) is 4.90 Å². The molecule has 1 heterocycles. The Morgan fingerprint density at radius 3 is 2.46 bits per heavy atom. The molecule has 1 saturated heterocycles. The lowest BCUT2D eigenvalue weighted by Crippen LogP contribution is -2.36. The van der Waals surface area contributed by atoms with Gasteiger partial charge in [0, 0.05) is 35.9 Å². The fourth-order valence-corrected chi connectivity index (χ4v) is 3.44. The molecular formula is C19H21IN2O2. The van der Waals surface area contributed by atoms with E-state index in [2.05, 4.69) is 51.8 Å². The summed E-state index contributed by atoms with van der Waals surface area (Å²) in [7, 11) is 1.85. The van der Waals surface area contributed by atoms with Crippen LogP contribution in [0.5, 0.6) is 0 Å². The first-order chi connectivity index (χ1) is 11.6. The van der Waals surface area contributed by atoms with Crippen LogP contribution >= 0.6 is 22.6 Å². The number of anilines is 1. The Kier molecular flexibility index (Phi) is 5.73. The lowest BCUT2D eigenvalue weighted by molar-refractivity contribution is 0.0784. The molecule has 2 aromatic carbocycles. The van der Waals surface area contributed by atoms with Crippen molar-refractivity contribution < 1.29 is 9.53 Å². The summed E-state index contributed by atoms with van der Waals surface area (Å²) in [6.07, 6.45) is 0. The normalized spacial score (nSPS) is 14.5. The lowest BCUT2D eigenvalue weighted by atomic mass is 10.1. The van der Waals surface area contributed by atoms with E-state index in [0.717, 1.165) is 41.0 Å². The zero-order valence-electron chi connectivity index (χ0n) is 13.7. The Bertz CT molecular complexity index is 697. The first kappa shape index (κ1) is 17.2. The molecule has 0 spiro atoms. The van der Waals surface area contributed by atoms with Crippen molar-refractivity contribution in [1.29, 1.82) is 0 Å². The molecule has 0 aromatic heterocycles. The Morgan fingerprint density at radius 2 is 1.79 bits per heavy atom. The molecule has 24 heavy (non-hydrogen) atoms. The average Bonchev–Trinajstić information content (AvgIpc) is 2.63. The van der Waals surface area contributed by atoms with Crippen molar-refractivity contribution in [2.24, 2.45) is 0 Å². The zero-order valence-corrected chi connectivity index (χ0v) is 15.9. The van der Waals surface area contributed by atoms with Crippen LogP contribution in [0, 0.1) is 3.57 Å². The number of amides is 1. The van der Waals surface area contributed by atoms with Crippen LogP contribution in [-0.4, -0.2) is 44.2 Å². The monoisotopic (exact) mass is 436 g/mol. The number of ether oxygens (including phenoxy) is 1. The highest BCUT2D eigenvalue weighted by atomic mass is 127. The first-order valence-corrected chi connectivity index (χ1v) is 9.14. The number of morpholine rings is 1. The molecule has 1 aliphatic rings. The third kappa shape index (κ3) is 4.08. The molecule has 0 aliphatic carbocycles. The van der Waals surface area contributed by atoms with E-state index < -0.39 is 0 Å². The Morgan fingerprint density at radius 1 is 1.12 bits per heavy atom. The lowest BCUT2D eigenvalue weighted by Gasteiger charge is -2.29. The number of rotatable bonds is 4. The second-order valence-corrected chi connectivity index (χ2v) is 7.07. The minimum atomic E-state index is 0.0530. The summed E-state index contributed by atoms with van der Waals surface area (Å²) < 4.78 is 6.37.